The summed E-state index contributed by atoms with van der Waals surface area (Å²) in [6.07, 6.45) is 0. The molecule has 0 saturated heterocycles. The molecule has 0 spiro atoms. The normalized spacial score (nSPS) is 11.0. The first kappa shape index (κ1) is 12.2. The minimum Gasteiger partial charge on any atom is -0.329 e. The molecule has 1 rings (SSSR count). The van der Waals surface area contributed by atoms with Crippen molar-refractivity contribution in [2.45, 2.75) is 27.3 Å². The van der Waals surface area contributed by atoms with Gasteiger partial charge in [0.1, 0.15) is 0 Å². The highest BCUT2D eigenvalue weighted by Crippen LogP contribution is 2.12. The van der Waals surface area contributed by atoms with Gasteiger partial charge in [-0.3, -0.25) is 4.90 Å². The van der Waals surface area contributed by atoms with Gasteiger partial charge >= 0.3 is 0 Å². The van der Waals surface area contributed by atoms with Crippen LogP contribution in [0.15, 0.2) is 18.2 Å². The molecule has 2 N–H and O–H groups in total. The Hall–Kier alpha value is -0.860. The average molecular weight is 206 g/mol. The molecule has 0 aliphatic rings. The molecule has 1 aromatic carbocycles. The fourth-order valence-electron chi connectivity index (χ4n) is 1.74. The van der Waals surface area contributed by atoms with Crippen molar-refractivity contribution in [3.63, 3.8) is 0 Å². The van der Waals surface area contributed by atoms with Crippen LogP contribution in [-0.4, -0.2) is 24.5 Å². The van der Waals surface area contributed by atoms with Crippen molar-refractivity contribution in [1.29, 1.82) is 0 Å². The van der Waals surface area contributed by atoms with E-state index < -0.39 is 0 Å². The lowest BCUT2D eigenvalue weighted by molar-refractivity contribution is 0.287. The van der Waals surface area contributed by atoms with Crippen molar-refractivity contribution in [3.05, 3.63) is 34.9 Å². The molecule has 0 amide bonds. The number of rotatable bonds is 5. The van der Waals surface area contributed by atoms with E-state index in [0.717, 1.165) is 26.2 Å². The van der Waals surface area contributed by atoms with E-state index in [1.807, 2.05) is 0 Å². The molecule has 0 heterocycles. The Balaban J connectivity index is 2.73. The van der Waals surface area contributed by atoms with Crippen LogP contribution in [0.2, 0.25) is 0 Å². The van der Waals surface area contributed by atoms with Crippen LogP contribution in [0.25, 0.3) is 0 Å². The number of nitrogens with zero attached hydrogens (tertiary/aromatic N) is 1. The van der Waals surface area contributed by atoms with Gasteiger partial charge in [-0.1, -0.05) is 30.7 Å². The third-order valence-corrected chi connectivity index (χ3v) is 2.79. The highest BCUT2D eigenvalue weighted by molar-refractivity contribution is 5.30. The molecule has 0 aliphatic heterocycles. The van der Waals surface area contributed by atoms with Crippen molar-refractivity contribution < 1.29 is 0 Å². The van der Waals surface area contributed by atoms with E-state index in [9.17, 15) is 0 Å². The highest BCUT2D eigenvalue weighted by Gasteiger charge is 2.04. The van der Waals surface area contributed by atoms with Gasteiger partial charge in [-0.05, 0) is 31.5 Å². The largest absolute Gasteiger partial charge is 0.329 e. The molecule has 0 fully saturated rings. The number of aryl methyl sites for hydroxylation is 2. The Morgan fingerprint density at radius 3 is 2.60 bits per heavy atom. The predicted molar refractivity (Wildman–Crippen MR) is 65.9 cm³/mol. The first-order valence-corrected chi connectivity index (χ1v) is 5.66. The number of hydrogen-bond donors (Lipinski definition) is 1. The smallest absolute Gasteiger partial charge is 0.0236 e. The second kappa shape index (κ2) is 5.89. The molecule has 84 valence electrons. The van der Waals surface area contributed by atoms with E-state index in [4.69, 9.17) is 5.73 Å². The molecule has 0 bridgehead atoms. The van der Waals surface area contributed by atoms with E-state index >= 15 is 0 Å². The maximum absolute atomic E-state index is 5.58. The second-order valence-electron chi connectivity index (χ2n) is 4.09. The number of hydrogen-bond acceptors (Lipinski definition) is 2. The minimum atomic E-state index is 0.735. The van der Waals surface area contributed by atoms with Gasteiger partial charge in [0.2, 0.25) is 0 Å². The topological polar surface area (TPSA) is 29.3 Å². The average Bonchev–Trinajstić information content (AvgIpc) is 2.22. The molecule has 0 saturated carbocycles. The Morgan fingerprint density at radius 1 is 1.27 bits per heavy atom. The van der Waals surface area contributed by atoms with E-state index in [2.05, 4.69) is 43.9 Å². The zero-order chi connectivity index (χ0) is 11.3. The number of likely N-dealkylation sites (N-methyl/N-ethyl adjacent to an activating group) is 1. The Labute approximate surface area is 93.1 Å². The fraction of sp³-hybridized carbons (Fsp3) is 0.538. The van der Waals surface area contributed by atoms with Crippen LogP contribution in [0.3, 0.4) is 0 Å². The molecule has 15 heavy (non-hydrogen) atoms. The van der Waals surface area contributed by atoms with Crippen molar-refractivity contribution in [2.75, 3.05) is 19.6 Å². The molecule has 0 aliphatic carbocycles. The van der Waals surface area contributed by atoms with Crippen molar-refractivity contribution in [2.24, 2.45) is 5.73 Å². The molecule has 0 atom stereocenters. The third-order valence-electron chi connectivity index (χ3n) is 2.79. The zero-order valence-corrected chi connectivity index (χ0v) is 10.1. The number of nitrogens with two attached hydrogens (primary N) is 1. The van der Waals surface area contributed by atoms with Gasteiger partial charge in [-0.25, -0.2) is 0 Å². The molecule has 2 nitrogen and oxygen atoms in total. The molecule has 0 radical (unpaired) electrons. The van der Waals surface area contributed by atoms with Gasteiger partial charge < -0.3 is 5.73 Å². The summed E-state index contributed by atoms with van der Waals surface area (Å²) in [6, 6.07) is 6.63. The molecule has 0 unspecified atom stereocenters. The summed E-state index contributed by atoms with van der Waals surface area (Å²) in [5, 5.41) is 0. The maximum Gasteiger partial charge on any atom is 0.0236 e. The van der Waals surface area contributed by atoms with E-state index in [1.165, 1.54) is 16.7 Å². The van der Waals surface area contributed by atoms with Gasteiger partial charge in [-0.2, -0.15) is 0 Å². The van der Waals surface area contributed by atoms with Crippen LogP contribution in [-0.2, 0) is 6.54 Å². The van der Waals surface area contributed by atoms with E-state index in [1.54, 1.807) is 0 Å². The molecule has 2 heteroatoms. The summed E-state index contributed by atoms with van der Waals surface area (Å²) in [5.74, 6) is 0. The SMILES string of the molecule is CCN(CCN)Cc1cc(C)ccc1C. The first-order chi connectivity index (χ1) is 7.17. The van der Waals surface area contributed by atoms with Gasteiger partial charge in [0, 0.05) is 19.6 Å². The van der Waals surface area contributed by atoms with Crippen LogP contribution in [0.5, 0.6) is 0 Å². The number of benzene rings is 1. The van der Waals surface area contributed by atoms with Gasteiger partial charge in [-0.15, -0.1) is 0 Å². The van der Waals surface area contributed by atoms with Gasteiger partial charge in [0.25, 0.3) is 0 Å². The highest BCUT2D eigenvalue weighted by atomic mass is 15.1. The second-order valence-corrected chi connectivity index (χ2v) is 4.09. The van der Waals surface area contributed by atoms with Crippen molar-refractivity contribution in [1.82, 2.24) is 4.90 Å². The Morgan fingerprint density at radius 2 is 2.00 bits per heavy atom. The fourth-order valence-corrected chi connectivity index (χ4v) is 1.74. The predicted octanol–water partition coefficient (Wildman–Crippen LogP) is 2.08. The van der Waals surface area contributed by atoms with E-state index in [0.29, 0.717) is 0 Å². The lowest BCUT2D eigenvalue weighted by atomic mass is 10.1. The summed E-state index contributed by atoms with van der Waals surface area (Å²) in [4.78, 5) is 2.38. The van der Waals surface area contributed by atoms with Crippen molar-refractivity contribution in [3.8, 4) is 0 Å². The standard InChI is InChI=1S/C13H22N2/c1-4-15(8-7-14)10-13-9-11(2)5-6-12(13)3/h5-6,9H,4,7-8,10,14H2,1-3H3. The van der Waals surface area contributed by atoms with Crippen LogP contribution < -0.4 is 5.73 Å². The quantitative estimate of drug-likeness (QED) is 0.799. The summed E-state index contributed by atoms with van der Waals surface area (Å²) < 4.78 is 0. The maximum atomic E-state index is 5.58. The zero-order valence-electron chi connectivity index (χ0n) is 10.1. The lowest BCUT2D eigenvalue weighted by Crippen LogP contribution is -2.29. The van der Waals surface area contributed by atoms with Crippen molar-refractivity contribution >= 4 is 0 Å². The molecule has 1 aromatic rings. The third kappa shape index (κ3) is 3.65. The lowest BCUT2D eigenvalue weighted by Gasteiger charge is -2.20. The molecular formula is C13H22N2. The molecular weight excluding hydrogens is 184 g/mol. The molecule has 0 aromatic heterocycles. The minimum absolute atomic E-state index is 0.735. The monoisotopic (exact) mass is 206 g/mol. The Bertz CT molecular complexity index is 307. The summed E-state index contributed by atoms with van der Waals surface area (Å²) >= 11 is 0. The first-order valence-electron chi connectivity index (χ1n) is 5.66. The van der Waals surface area contributed by atoms with Crippen LogP contribution >= 0.6 is 0 Å². The van der Waals surface area contributed by atoms with Gasteiger partial charge in [0.05, 0.1) is 0 Å². The van der Waals surface area contributed by atoms with Crippen LogP contribution in [0.1, 0.15) is 23.6 Å². The summed E-state index contributed by atoms with van der Waals surface area (Å²) in [5.41, 5.74) is 9.71. The van der Waals surface area contributed by atoms with Crippen LogP contribution in [0, 0.1) is 13.8 Å². The Kier molecular flexibility index (Phi) is 4.79. The summed E-state index contributed by atoms with van der Waals surface area (Å²) in [7, 11) is 0. The van der Waals surface area contributed by atoms with Crippen LogP contribution in [0.4, 0.5) is 0 Å². The summed E-state index contributed by atoms with van der Waals surface area (Å²) in [6.45, 7) is 10.3. The van der Waals surface area contributed by atoms with E-state index in [-0.39, 0.29) is 0 Å². The van der Waals surface area contributed by atoms with Gasteiger partial charge in [0.15, 0.2) is 0 Å².